The molecule has 0 fully saturated rings. The number of esters is 1. The number of carbonyl (C=O) groups excluding carboxylic acids is 4. The topological polar surface area (TPSA) is 102 Å². The minimum absolute atomic E-state index is 0.0626. The Morgan fingerprint density at radius 1 is 1.04 bits per heavy atom. The lowest BCUT2D eigenvalue weighted by atomic mass is 10.1. The van der Waals surface area contributed by atoms with Crippen molar-refractivity contribution in [1.29, 1.82) is 0 Å². The molecule has 0 aliphatic carbocycles. The zero-order valence-electron chi connectivity index (χ0n) is 15.3. The van der Waals surface area contributed by atoms with E-state index in [0.717, 1.165) is 6.07 Å². The Bertz CT molecular complexity index is 896. The van der Waals surface area contributed by atoms with Crippen LogP contribution in [-0.2, 0) is 14.3 Å². The largest absolute Gasteiger partial charge is 0.451 e. The minimum Gasteiger partial charge on any atom is -0.451 e. The molecule has 0 radical (unpaired) electrons. The fraction of sp³-hybridized carbons (Fsp3) is 0.200. The fourth-order valence-corrected chi connectivity index (χ4v) is 2.21. The first-order valence-electron chi connectivity index (χ1n) is 8.41. The summed E-state index contributed by atoms with van der Waals surface area (Å²) in [5, 5.41) is 4.85. The average molecular weight is 386 g/mol. The molecule has 0 bridgehead atoms. The standard InChI is InChI=1S/C20H19FN2O5/c1-12(24)14-6-8-17(9-7-14)23-19(26)13(2)28-18(25)11-22-20(27)15-4-3-5-16(21)10-15/h3-10,13H,11H2,1-2H3,(H,22,27)(H,23,26)/t13-/m1/s1. The summed E-state index contributed by atoms with van der Waals surface area (Å²) in [5.74, 6) is -2.70. The van der Waals surface area contributed by atoms with Crippen LogP contribution in [0.2, 0.25) is 0 Å². The van der Waals surface area contributed by atoms with Crippen LogP contribution < -0.4 is 10.6 Å². The highest BCUT2D eigenvalue weighted by Crippen LogP contribution is 2.11. The number of benzene rings is 2. The number of rotatable bonds is 7. The Labute approximate surface area is 160 Å². The molecule has 0 heterocycles. The molecule has 0 aliphatic rings. The summed E-state index contributed by atoms with van der Waals surface area (Å²) in [7, 11) is 0. The zero-order chi connectivity index (χ0) is 20.7. The molecular weight excluding hydrogens is 367 g/mol. The van der Waals surface area contributed by atoms with Crippen LogP contribution in [0.1, 0.15) is 34.6 Å². The number of hydrogen-bond acceptors (Lipinski definition) is 5. The van der Waals surface area contributed by atoms with Gasteiger partial charge in [0.25, 0.3) is 11.8 Å². The van der Waals surface area contributed by atoms with Crippen molar-refractivity contribution in [2.45, 2.75) is 20.0 Å². The van der Waals surface area contributed by atoms with Crippen LogP contribution in [0.15, 0.2) is 48.5 Å². The SMILES string of the molecule is CC(=O)c1ccc(NC(=O)[C@@H](C)OC(=O)CNC(=O)c2cccc(F)c2)cc1. The van der Waals surface area contributed by atoms with Crippen molar-refractivity contribution >= 4 is 29.3 Å². The van der Waals surface area contributed by atoms with Gasteiger partial charge < -0.3 is 15.4 Å². The number of halogens is 1. The van der Waals surface area contributed by atoms with E-state index in [4.69, 9.17) is 4.74 Å². The number of ether oxygens (including phenoxy) is 1. The van der Waals surface area contributed by atoms with E-state index in [1.54, 1.807) is 24.3 Å². The van der Waals surface area contributed by atoms with E-state index in [0.29, 0.717) is 11.3 Å². The average Bonchev–Trinajstić information content (AvgIpc) is 2.66. The molecule has 1 atom stereocenters. The first-order valence-corrected chi connectivity index (χ1v) is 8.41. The Kier molecular flexibility index (Phi) is 6.97. The number of amides is 2. The van der Waals surface area contributed by atoms with Crippen LogP contribution in [0, 0.1) is 5.82 Å². The van der Waals surface area contributed by atoms with Gasteiger partial charge in [-0.25, -0.2) is 4.39 Å². The van der Waals surface area contributed by atoms with Crippen LogP contribution in [0.4, 0.5) is 10.1 Å². The van der Waals surface area contributed by atoms with Gasteiger partial charge >= 0.3 is 5.97 Å². The highest BCUT2D eigenvalue weighted by molar-refractivity contribution is 5.98. The molecule has 0 saturated carbocycles. The lowest BCUT2D eigenvalue weighted by Gasteiger charge is -2.14. The maximum absolute atomic E-state index is 13.1. The van der Waals surface area contributed by atoms with Gasteiger partial charge in [0, 0.05) is 16.8 Å². The van der Waals surface area contributed by atoms with E-state index in [1.807, 2.05) is 0 Å². The van der Waals surface area contributed by atoms with E-state index < -0.39 is 36.2 Å². The van der Waals surface area contributed by atoms with Gasteiger partial charge in [-0.1, -0.05) is 6.07 Å². The lowest BCUT2D eigenvalue weighted by Crippen LogP contribution is -2.35. The number of hydrogen-bond donors (Lipinski definition) is 2. The Morgan fingerprint density at radius 3 is 2.32 bits per heavy atom. The van der Waals surface area contributed by atoms with Crippen LogP contribution in [0.25, 0.3) is 0 Å². The van der Waals surface area contributed by atoms with Gasteiger partial charge in [0.15, 0.2) is 11.9 Å². The third-order valence-corrected chi connectivity index (χ3v) is 3.72. The van der Waals surface area contributed by atoms with Crippen molar-refractivity contribution in [2.24, 2.45) is 0 Å². The van der Waals surface area contributed by atoms with Gasteiger partial charge in [0.2, 0.25) is 0 Å². The highest BCUT2D eigenvalue weighted by atomic mass is 19.1. The first kappa shape index (κ1) is 20.8. The third kappa shape index (κ3) is 6.01. The second-order valence-electron chi connectivity index (χ2n) is 5.95. The highest BCUT2D eigenvalue weighted by Gasteiger charge is 2.18. The smallest absolute Gasteiger partial charge is 0.326 e. The minimum atomic E-state index is -1.11. The molecule has 2 rings (SSSR count). The third-order valence-electron chi connectivity index (χ3n) is 3.72. The monoisotopic (exact) mass is 386 g/mol. The molecule has 0 spiro atoms. The summed E-state index contributed by atoms with van der Waals surface area (Å²) in [6.07, 6.45) is -1.11. The Morgan fingerprint density at radius 2 is 1.71 bits per heavy atom. The number of nitrogens with one attached hydrogen (secondary N) is 2. The van der Waals surface area contributed by atoms with Gasteiger partial charge in [-0.15, -0.1) is 0 Å². The second-order valence-corrected chi connectivity index (χ2v) is 5.95. The first-order chi connectivity index (χ1) is 13.3. The van der Waals surface area contributed by atoms with E-state index in [2.05, 4.69) is 10.6 Å². The second kappa shape index (κ2) is 9.40. The summed E-state index contributed by atoms with van der Waals surface area (Å²) in [6, 6.07) is 11.3. The summed E-state index contributed by atoms with van der Waals surface area (Å²) in [5.41, 5.74) is 1.01. The van der Waals surface area contributed by atoms with E-state index >= 15 is 0 Å². The van der Waals surface area contributed by atoms with Crippen LogP contribution >= 0.6 is 0 Å². The summed E-state index contributed by atoms with van der Waals surface area (Å²) in [4.78, 5) is 47.0. The molecule has 2 amide bonds. The molecule has 8 heteroatoms. The molecular formula is C20H19FN2O5. The van der Waals surface area contributed by atoms with E-state index in [9.17, 15) is 23.6 Å². The molecule has 0 unspecified atom stereocenters. The molecule has 0 aromatic heterocycles. The van der Waals surface area contributed by atoms with Crippen molar-refractivity contribution in [3.8, 4) is 0 Å². The van der Waals surface area contributed by atoms with E-state index in [1.165, 1.54) is 32.0 Å². The normalized spacial score (nSPS) is 11.2. The molecule has 146 valence electrons. The molecule has 2 aromatic carbocycles. The molecule has 0 saturated heterocycles. The number of anilines is 1. The van der Waals surface area contributed by atoms with Crippen LogP contribution in [0.3, 0.4) is 0 Å². The number of Topliss-reactive ketones (excluding diaryl/α,β-unsaturated/α-hetero) is 1. The van der Waals surface area contributed by atoms with Gasteiger partial charge in [0.1, 0.15) is 12.4 Å². The fourth-order valence-electron chi connectivity index (χ4n) is 2.21. The summed E-state index contributed by atoms with van der Waals surface area (Å²) in [6.45, 7) is 2.34. The predicted octanol–water partition coefficient (Wildman–Crippen LogP) is 2.33. The zero-order valence-corrected chi connectivity index (χ0v) is 15.3. The van der Waals surface area contributed by atoms with Crippen molar-refractivity contribution in [3.05, 3.63) is 65.5 Å². The van der Waals surface area contributed by atoms with Crippen molar-refractivity contribution in [3.63, 3.8) is 0 Å². The summed E-state index contributed by atoms with van der Waals surface area (Å²) < 4.78 is 18.1. The maximum Gasteiger partial charge on any atom is 0.326 e. The lowest BCUT2D eigenvalue weighted by molar-refractivity contribution is -0.152. The van der Waals surface area contributed by atoms with Crippen LogP contribution in [-0.4, -0.2) is 36.2 Å². The van der Waals surface area contributed by atoms with Crippen LogP contribution in [0.5, 0.6) is 0 Å². The van der Waals surface area contributed by atoms with E-state index in [-0.39, 0.29) is 11.3 Å². The van der Waals surface area contributed by atoms with Gasteiger partial charge in [-0.05, 0) is 56.3 Å². The number of carbonyl (C=O) groups is 4. The number of ketones is 1. The van der Waals surface area contributed by atoms with Gasteiger partial charge in [0.05, 0.1) is 0 Å². The Balaban J connectivity index is 1.81. The molecule has 0 aliphatic heterocycles. The predicted molar refractivity (Wildman–Crippen MR) is 99.4 cm³/mol. The maximum atomic E-state index is 13.1. The van der Waals surface area contributed by atoms with Crippen molar-refractivity contribution < 1.29 is 28.3 Å². The van der Waals surface area contributed by atoms with Crippen molar-refractivity contribution in [1.82, 2.24) is 5.32 Å². The molecule has 2 aromatic rings. The molecule has 2 N–H and O–H groups in total. The van der Waals surface area contributed by atoms with Crippen molar-refractivity contribution in [2.75, 3.05) is 11.9 Å². The van der Waals surface area contributed by atoms with Gasteiger partial charge in [-0.3, -0.25) is 19.2 Å². The Hall–Kier alpha value is -3.55. The summed E-state index contributed by atoms with van der Waals surface area (Å²) >= 11 is 0. The van der Waals surface area contributed by atoms with Gasteiger partial charge in [-0.2, -0.15) is 0 Å². The molecule has 7 nitrogen and oxygen atoms in total. The quantitative estimate of drug-likeness (QED) is 0.562. The molecule has 28 heavy (non-hydrogen) atoms.